The highest BCUT2D eigenvalue weighted by atomic mass is 16.5. The van der Waals surface area contributed by atoms with Crippen LogP contribution in [0.5, 0.6) is 5.75 Å². The summed E-state index contributed by atoms with van der Waals surface area (Å²) in [5.74, 6) is 1.17. The number of Topliss-reactive ketones (excluding diaryl/α,β-unsaturated/α-hetero) is 1. The first kappa shape index (κ1) is 17.4. The van der Waals surface area contributed by atoms with Crippen molar-refractivity contribution in [1.29, 1.82) is 0 Å². The zero-order chi connectivity index (χ0) is 19.3. The lowest BCUT2D eigenvalue weighted by molar-refractivity contribution is 0.0621. The highest BCUT2D eigenvalue weighted by Crippen LogP contribution is 2.45. The van der Waals surface area contributed by atoms with E-state index in [1.807, 2.05) is 36.5 Å². The number of fused-ring (bicyclic) bond motifs is 2. The van der Waals surface area contributed by atoms with Crippen LogP contribution < -0.4 is 4.74 Å². The summed E-state index contributed by atoms with van der Waals surface area (Å²) < 4.78 is 7.57. The Morgan fingerprint density at radius 1 is 1.18 bits per heavy atom. The molecule has 0 atom stereocenters. The van der Waals surface area contributed by atoms with Gasteiger partial charge in [0.05, 0.1) is 19.0 Å². The second-order valence-corrected chi connectivity index (χ2v) is 8.20. The van der Waals surface area contributed by atoms with Crippen molar-refractivity contribution in [2.24, 2.45) is 5.41 Å². The molecule has 28 heavy (non-hydrogen) atoms. The van der Waals surface area contributed by atoms with Gasteiger partial charge in [0, 0.05) is 23.2 Å². The summed E-state index contributed by atoms with van der Waals surface area (Å²) in [6, 6.07) is 12.1. The van der Waals surface area contributed by atoms with Gasteiger partial charge in [-0.15, -0.1) is 0 Å². The molecule has 1 saturated heterocycles. The van der Waals surface area contributed by atoms with E-state index in [2.05, 4.69) is 27.3 Å². The molecule has 0 unspecified atom stereocenters. The van der Waals surface area contributed by atoms with Crippen LogP contribution in [0.15, 0.2) is 42.6 Å². The quantitative estimate of drug-likeness (QED) is 0.701. The van der Waals surface area contributed by atoms with Gasteiger partial charge in [0.15, 0.2) is 5.78 Å². The standard InChI is InChI=1S/C23H25N3O2/c1-16-4-3-5-21-24-14-18(26(16)21)15-25-10-8-23(9-11-25)13-17-12-19(28-2)6-7-20(17)22(23)27/h3-7,12,14H,8-11,13,15H2,1-2H3. The number of pyridine rings is 1. The minimum atomic E-state index is -0.222. The number of rotatable bonds is 3. The third-order valence-electron chi connectivity index (χ3n) is 6.56. The predicted octanol–water partition coefficient (Wildman–Crippen LogP) is 3.67. The van der Waals surface area contributed by atoms with E-state index in [4.69, 9.17) is 4.74 Å². The van der Waals surface area contributed by atoms with Gasteiger partial charge in [-0.3, -0.25) is 9.69 Å². The molecule has 1 aliphatic heterocycles. The van der Waals surface area contributed by atoms with E-state index < -0.39 is 0 Å². The average Bonchev–Trinajstić information content (AvgIpc) is 3.24. The highest BCUT2D eigenvalue weighted by Gasteiger charge is 2.47. The lowest BCUT2D eigenvalue weighted by Crippen LogP contribution is -2.43. The first-order valence-electron chi connectivity index (χ1n) is 9.96. The van der Waals surface area contributed by atoms with Gasteiger partial charge in [0.25, 0.3) is 0 Å². The third-order valence-corrected chi connectivity index (χ3v) is 6.56. The number of imidazole rings is 1. The first-order valence-corrected chi connectivity index (χ1v) is 9.96. The molecule has 1 aromatic carbocycles. The van der Waals surface area contributed by atoms with E-state index in [0.717, 1.165) is 61.4 Å². The van der Waals surface area contributed by atoms with Gasteiger partial charge in [-0.2, -0.15) is 0 Å². The van der Waals surface area contributed by atoms with E-state index in [0.29, 0.717) is 5.78 Å². The number of likely N-dealkylation sites (tertiary alicyclic amines) is 1. The van der Waals surface area contributed by atoms with E-state index in [1.54, 1.807) is 7.11 Å². The number of hydrogen-bond acceptors (Lipinski definition) is 4. The van der Waals surface area contributed by atoms with Crippen LogP contribution in [0.1, 0.15) is 40.2 Å². The van der Waals surface area contributed by atoms with Crippen molar-refractivity contribution in [3.63, 3.8) is 0 Å². The van der Waals surface area contributed by atoms with Crippen LogP contribution in [-0.4, -0.2) is 40.3 Å². The topological polar surface area (TPSA) is 46.8 Å². The van der Waals surface area contributed by atoms with Crippen LogP contribution in [0, 0.1) is 12.3 Å². The second kappa shape index (κ2) is 6.45. The van der Waals surface area contributed by atoms with E-state index >= 15 is 0 Å². The van der Waals surface area contributed by atoms with Gasteiger partial charge in [-0.05, 0) is 75.2 Å². The maximum absolute atomic E-state index is 13.1. The molecular formula is C23H25N3O2. The van der Waals surface area contributed by atoms with Crippen LogP contribution in [0.4, 0.5) is 0 Å². The molecule has 2 aliphatic rings. The Bertz CT molecular complexity index is 1060. The van der Waals surface area contributed by atoms with Crippen LogP contribution in [0.2, 0.25) is 0 Å². The number of hydrogen-bond donors (Lipinski definition) is 0. The van der Waals surface area contributed by atoms with E-state index in [9.17, 15) is 4.79 Å². The first-order chi connectivity index (χ1) is 13.6. The Labute approximate surface area is 164 Å². The number of methoxy groups -OCH3 is 1. The number of carbonyl (C=O) groups excluding carboxylic acids is 1. The Kier molecular flexibility index (Phi) is 4.02. The van der Waals surface area contributed by atoms with E-state index in [-0.39, 0.29) is 5.41 Å². The van der Waals surface area contributed by atoms with Crippen LogP contribution >= 0.6 is 0 Å². The van der Waals surface area contributed by atoms with Gasteiger partial charge < -0.3 is 9.14 Å². The van der Waals surface area contributed by atoms with Crippen LogP contribution in [0.25, 0.3) is 5.65 Å². The lowest BCUT2D eigenvalue weighted by atomic mass is 9.75. The van der Waals surface area contributed by atoms with Crippen molar-refractivity contribution >= 4 is 11.4 Å². The lowest BCUT2D eigenvalue weighted by Gasteiger charge is -2.38. The molecule has 1 aliphatic carbocycles. The van der Waals surface area contributed by atoms with Crippen molar-refractivity contribution in [1.82, 2.24) is 14.3 Å². The SMILES string of the molecule is COc1ccc2c(c1)CC1(CCN(Cc3cnc4cccc(C)n34)CC1)C2=O. The molecule has 2 aromatic heterocycles. The fourth-order valence-electron chi connectivity index (χ4n) is 4.95. The zero-order valence-electron chi connectivity index (χ0n) is 16.4. The molecule has 5 rings (SSSR count). The number of nitrogens with zero attached hydrogens (tertiary/aromatic N) is 3. The van der Waals surface area contributed by atoms with Crippen molar-refractivity contribution < 1.29 is 9.53 Å². The largest absolute Gasteiger partial charge is 0.497 e. The molecule has 0 N–H and O–H groups in total. The maximum atomic E-state index is 13.1. The van der Waals surface area contributed by atoms with Crippen molar-refractivity contribution in [2.45, 2.75) is 32.7 Å². The summed E-state index contributed by atoms with van der Waals surface area (Å²) >= 11 is 0. The Balaban J connectivity index is 1.32. The maximum Gasteiger partial charge on any atom is 0.169 e. The molecule has 0 radical (unpaired) electrons. The summed E-state index contributed by atoms with van der Waals surface area (Å²) in [7, 11) is 1.68. The van der Waals surface area contributed by atoms with Crippen molar-refractivity contribution in [2.75, 3.05) is 20.2 Å². The molecule has 0 amide bonds. The van der Waals surface area contributed by atoms with Crippen LogP contribution in [-0.2, 0) is 13.0 Å². The fraction of sp³-hybridized carbons (Fsp3) is 0.391. The van der Waals surface area contributed by atoms with E-state index in [1.165, 1.54) is 11.4 Å². The molecule has 3 heterocycles. The van der Waals surface area contributed by atoms with Gasteiger partial charge in [-0.1, -0.05) is 6.07 Å². The Morgan fingerprint density at radius 3 is 2.79 bits per heavy atom. The van der Waals surface area contributed by atoms with Crippen LogP contribution in [0.3, 0.4) is 0 Å². The smallest absolute Gasteiger partial charge is 0.169 e. The van der Waals surface area contributed by atoms with Crippen molar-refractivity contribution in [3.8, 4) is 5.75 Å². The molecule has 1 spiro atoms. The minimum absolute atomic E-state index is 0.222. The van der Waals surface area contributed by atoms with Crippen molar-refractivity contribution in [3.05, 3.63) is 65.1 Å². The third kappa shape index (κ3) is 2.65. The highest BCUT2D eigenvalue weighted by molar-refractivity contribution is 6.05. The molecule has 0 saturated carbocycles. The summed E-state index contributed by atoms with van der Waals surface area (Å²) in [5, 5.41) is 0. The number of aryl methyl sites for hydroxylation is 1. The molecule has 5 heteroatoms. The number of aromatic nitrogens is 2. The molecule has 144 valence electrons. The fourth-order valence-corrected chi connectivity index (χ4v) is 4.95. The zero-order valence-corrected chi connectivity index (χ0v) is 16.4. The Hall–Kier alpha value is -2.66. The second-order valence-electron chi connectivity index (χ2n) is 8.20. The normalized spacial score (nSPS) is 18.7. The number of ether oxygens (including phenoxy) is 1. The van der Waals surface area contributed by atoms with Gasteiger partial charge in [0.2, 0.25) is 0 Å². The number of carbonyl (C=O) groups is 1. The molecule has 1 fully saturated rings. The number of ketones is 1. The molecule has 0 bridgehead atoms. The molecular weight excluding hydrogens is 350 g/mol. The number of benzene rings is 1. The van der Waals surface area contributed by atoms with Gasteiger partial charge >= 0.3 is 0 Å². The minimum Gasteiger partial charge on any atom is -0.497 e. The summed E-state index contributed by atoms with van der Waals surface area (Å²) in [6.45, 7) is 4.87. The average molecular weight is 375 g/mol. The Morgan fingerprint density at radius 2 is 2.00 bits per heavy atom. The molecule has 5 nitrogen and oxygen atoms in total. The van der Waals surface area contributed by atoms with Gasteiger partial charge in [-0.25, -0.2) is 4.98 Å². The summed E-state index contributed by atoms with van der Waals surface area (Å²) in [6.07, 6.45) is 4.66. The molecule has 3 aromatic rings. The summed E-state index contributed by atoms with van der Waals surface area (Å²) in [5.41, 5.74) is 5.24. The number of piperidine rings is 1. The monoisotopic (exact) mass is 375 g/mol. The summed E-state index contributed by atoms with van der Waals surface area (Å²) in [4.78, 5) is 20.1. The van der Waals surface area contributed by atoms with Gasteiger partial charge in [0.1, 0.15) is 11.4 Å². The predicted molar refractivity (Wildman–Crippen MR) is 108 cm³/mol.